The summed E-state index contributed by atoms with van der Waals surface area (Å²) in [5.41, 5.74) is 2.88. The molecular formula is C29H30N2O2S. The molecule has 174 valence electrons. The number of aryl methyl sites for hydroxylation is 1. The largest absolute Gasteiger partial charge is 0.480 e. The van der Waals surface area contributed by atoms with Crippen molar-refractivity contribution in [2.24, 2.45) is 4.99 Å². The van der Waals surface area contributed by atoms with Gasteiger partial charge in [-0.05, 0) is 60.9 Å². The van der Waals surface area contributed by atoms with E-state index in [0.29, 0.717) is 5.75 Å². The molecule has 34 heavy (non-hydrogen) atoms. The summed E-state index contributed by atoms with van der Waals surface area (Å²) < 4.78 is 5.84. The predicted molar refractivity (Wildman–Crippen MR) is 141 cm³/mol. The Morgan fingerprint density at radius 3 is 2.79 bits per heavy atom. The third kappa shape index (κ3) is 4.74. The van der Waals surface area contributed by atoms with Gasteiger partial charge in [-0.15, -0.1) is 17.8 Å². The number of thiophene rings is 1. The number of hydrogen-bond acceptors (Lipinski definition) is 4. The Kier molecular flexibility index (Phi) is 6.97. The van der Waals surface area contributed by atoms with Crippen molar-refractivity contribution in [3.05, 3.63) is 58.0 Å². The summed E-state index contributed by atoms with van der Waals surface area (Å²) in [7, 11) is 0. The van der Waals surface area contributed by atoms with Crippen molar-refractivity contribution >= 4 is 39.2 Å². The highest BCUT2D eigenvalue weighted by Gasteiger charge is 2.27. The van der Waals surface area contributed by atoms with Gasteiger partial charge in [-0.25, -0.2) is 4.99 Å². The second kappa shape index (κ2) is 10.4. The molecule has 0 bridgehead atoms. The summed E-state index contributed by atoms with van der Waals surface area (Å²) in [6.07, 6.45) is 17.4. The first kappa shape index (κ1) is 22.7. The van der Waals surface area contributed by atoms with Crippen molar-refractivity contribution in [2.75, 3.05) is 6.61 Å². The van der Waals surface area contributed by atoms with Gasteiger partial charge in [0.25, 0.3) is 5.91 Å². The third-order valence-corrected chi connectivity index (χ3v) is 8.07. The van der Waals surface area contributed by atoms with Crippen LogP contribution in [0.1, 0.15) is 71.3 Å². The van der Waals surface area contributed by atoms with Crippen molar-refractivity contribution in [1.29, 1.82) is 0 Å². The molecule has 0 atom stereocenters. The Bertz CT molecular complexity index is 1260. The van der Waals surface area contributed by atoms with Crippen LogP contribution in [0.3, 0.4) is 0 Å². The van der Waals surface area contributed by atoms with Gasteiger partial charge < -0.3 is 10.1 Å². The highest BCUT2D eigenvalue weighted by molar-refractivity contribution is 7.16. The Balaban J connectivity index is 1.53. The summed E-state index contributed by atoms with van der Waals surface area (Å²) in [4.78, 5) is 19.7. The van der Waals surface area contributed by atoms with Crippen molar-refractivity contribution in [3.8, 4) is 18.1 Å². The lowest BCUT2D eigenvalue weighted by atomic mass is 9.93. The predicted octanol–water partition coefficient (Wildman–Crippen LogP) is 6.61. The molecule has 2 aliphatic rings. The maximum absolute atomic E-state index is 13.5. The number of amides is 1. The number of nitrogens with one attached hydrogen (secondary N) is 1. The molecule has 1 fully saturated rings. The maximum atomic E-state index is 13.5. The molecule has 5 heteroatoms. The normalized spacial score (nSPS) is 16.3. The third-order valence-electron chi connectivity index (χ3n) is 6.87. The van der Waals surface area contributed by atoms with Gasteiger partial charge in [0.15, 0.2) is 0 Å². The zero-order valence-electron chi connectivity index (χ0n) is 19.4. The van der Waals surface area contributed by atoms with E-state index in [1.54, 1.807) is 11.3 Å². The number of terminal acetylenes is 1. The number of fused-ring (bicyclic) bond motifs is 2. The first-order valence-electron chi connectivity index (χ1n) is 12.3. The van der Waals surface area contributed by atoms with Crippen LogP contribution in [0.4, 0.5) is 5.00 Å². The zero-order valence-corrected chi connectivity index (χ0v) is 20.3. The molecule has 0 saturated heterocycles. The fourth-order valence-corrected chi connectivity index (χ4v) is 6.39. The number of rotatable bonds is 6. The Morgan fingerprint density at radius 1 is 1.12 bits per heavy atom. The van der Waals surface area contributed by atoms with Crippen LogP contribution in [0.15, 0.2) is 41.4 Å². The molecule has 5 rings (SSSR count). The smallest absolute Gasteiger partial charge is 0.254 e. The van der Waals surface area contributed by atoms with Gasteiger partial charge in [-0.3, -0.25) is 4.79 Å². The molecule has 1 saturated carbocycles. The summed E-state index contributed by atoms with van der Waals surface area (Å²) in [6.45, 7) is 0.196. The summed E-state index contributed by atoms with van der Waals surface area (Å²) in [6, 6.07) is 12.4. The fourth-order valence-electron chi connectivity index (χ4n) is 5.16. The molecule has 0 unspecified atom stereocenters. The van der Waals surface area contributed by atoms with Crippen LogP contribution in [-0.4, -0.2) is 24.8 Å². The molecule has 1 aromatic heterocycles. The van der Waals surface area contributed by atoms with E-state index in [0.717, 1.165) is 59.0 Å². The van der Waals surface area contributed by atoms with E-state index in [1.165, 1.54) is 36.1 Å². The van der Waals surface area contributed by atoms with Crippen LogP contribution in [0.2, 0.25) is 0 Å². The van der Waals surface area contributed by atoms with Gasteiger partial charge in [0.2, 0.25) is 0 Å². The molecule has 0 spiro atoms. The van der Waals surface area contributed by atoms with Gasteiger partial charge in [0.05, 0.1) is 5.56 Å². The molecule has 1 amide bonds. The van der Waals surface area contributed by atoms with Crippen LogP contribution in [0.25, 0.3) is 10.8 Å². The summed E-state index contributed by atoms with van der Waals surface area (Å²) in [5.74, 6) is 3.29. The summed E-state index contributed by atoms with van der Waals surface area (Å²) in [5, 5.41) is 6.29. The number of aliphatic imine (C=N–C) groups is 1. The van der Waals surface area contributed by atoms with E-state index in [4.69, 9.17) is 16.2 Å². The first-order chi connectivity index (χ1) is 16.7. The second-order valence-electron chi connectivity index (χ2n) is 9.15. The van der Waals surface area contributed by atoms with Crippen LogP contribution in [0, 0.1) is 12.3 Å². The lowest BCUT2D eigenvalue weighted by molar-refractivity contribution is 0.0927. The molecule has 2 aliphatic carbocycles. The van der Waals surface area contributed by atoms with Crippen LogP contribution in [0.5, 0.6) is 5.75 Å². The molecule has 0 radical (unpaired) electrons. The highest BCUT2D eigenvalue weighted by atomic mass is 32.1. The number of nitrogens with zero attached hydrogens (tertiary/aromatic N) is 1. The molecule has 4 nitrogen and oxygen atoms in total. The quantitative estimate of drug-likeness (QED) is 0.326. The van der Waals surface area contributed by atoms with Crippen LogP contribution < -0.4 is 10.1 Å². The van der Waals surface area contributed by atoms with Crippen molar-refractivity contribution in [2.45, 2.75) is 63.8 Å². The minimum absolute atomic E-state index is 0.0418. The highest BCUT2D eigenvalue weighted by Crippen LogP contribution is 2.40. The fraction of sp³-hybridized carbons (Fsp3) is 0.379. The molecular weight excluding hydrogens is 440 g/mol. The van der Waals surface area contributed by atoms with Gasteiger partial charge in [-0.2, -0.15) is 0 Å². The molecule has 1 heterocycles. The SMILES string of the molecule is C#CCOc1ccc2ccccc2c1C=Nc1sc2c(c1C(=O)NC1CCCCC1)CCCC2. The van der Waals surface area contributed by atoms with Gasteiger partial charge in [-0.1, -0.05) is 55.5 Å². The average Bonchev–Trinajstić information content (AvgIpc) is 3.25. The zero-order chi connectivity index (χ0) is 23.3. The Hall–Kier alpha value is -3.10. The van der Waals surface area contributed by atoms with E-state index in [1.807, 2.05) is 30.5 Å². The second-order valence-corrected chi connectivity index (χ2v) is 10.2. The molecule has 2 aromatic carbocycles. The molecule has 3 aromatic rings. The number of carbonyl (C=O) groups excluding carboxylic acids is 1. The average molecular weight is 471 g/mol. The minimum Gasteiger partial charge on any atom is -0.480 e. The van der Waals surface area contributed by atoms with Crippen molar-refractivity contribution < 1.29 is 9.53 Å². The number of benzene rings is 2. The first-order valence-corrected chi connectivity index (χ1v) is 13.1. The van der Waals surface area contributed by atoms with E-state index >= 15 is 0 Å². The van der Waals surface area contributed by atoms with Crippen LogP contribution >= 0.6 is 11.3 Å². The maximum Gasteiger partial charge on any atom is 0.254 e. The van der Waals surface area contributed by atoms with Crippen molar-refractivity contribution in [3.63, 3.8) is 0 Å². The standard InChI is InChI=1S/C29H30N2O2S/c1-2-18-33-25-17-16-20-10-6-7-13-22(20)24(25)19-30-29-27(23-14-8-9-15-26(23)34-29)28(32)31-21-11-4-3-5-12-21/h1,6-7,10,13,16-17,19,21H,3-5,8-9,11-12,14-15,18H2,(H,31,32). The lowest BCUT2D eigenvalue weighted by Gasteiger charge is -2.23. The summed E-state index contributed by atoms with van der Waals surface area (Å²) >= 11 is 1.67. The minimum atomic E-state index is 0.0418. The monoisotopic (exact) mass is 470 g/mol. The van der Waals surface area contributed by atoms with E-state index in [9.17, 15) is 4.79 Å². The lowest BCUT2D eigenvalue weighted by Crippen LogP contribution is -2.36. The Labute approximate surface area is 205 Å². The Morgan fingerprint density at radius 2 is 1.94 bits per heavy atom. The van der Waals surface area contributed by atoms with Gasteiger partial charge in [0, 0.05) is 22.7 Å². The number of hydrogen-bond donors (Lipinski definition) is 1. The van der Waals surface area contributed by atoms with E-state index in [2.05, 4.69) is 23.4 Å². The molecule has 0 aliphatic heterocycles. The van der Waals surface area contributed by atoms with Gasteiger partial charge in [0.1, 0.15) is 17.4 Å². The number of ether oxygens (including phenoxy) is 1. The topological polar surface area (TPSA) is 50.7 Å². The van der Waals surface area contributed by atoms with Crippen LogP contribution in [-0.2, 0) is 12.8 Å². The van der Waals surface area contributed by atoms with Crippen molar-refractivity contribution in [1.82, 2.24) is 5.32 Å². The van der Waals surface area contributed by atoms with E-state index in [-0.39, 0.29) is 18.6 Å². The van der Waals surface area contributed by atoms with E-state index < -0.39 is 0 Å². The molecule has 1 N–H and O–H groups in total. The van der Waals surface area contributed by atoms with Gasteiger partial charge >= 0.3 is 0 Å². The number of carbonyl (C=O) groups is 1.